The zero-order valence-electron chi connectivity index (χ0n) is 10.8. The number of hydrogen-bond acceptors (Lipinski definition) is 4. The van der Waals surface area contributed by atoms with Crippen LogP contribution in [0.3, 0.4) is 0 Å². The van der Waals surface area contributed by atoms with E-state index in [4.69, 9.17) is 16.7 Å². The first-order chi connectivity index (χ1) is 9.25. The number of carboxylic acid groups (broad SMARTS) is 1. The van der Waals surface area contributed by atoms with Crippen LogP contribution in [0.25, 0.3) is 0 Å². The van der Waals surface area contributed by atoms with Crippen LogP contribution in [0, 0.1) is 16.0 Å². The SMILES string of the molecule is CC(C)[C@@H](NC(=O)c1cccc([N+](=O)[O-])c1Cl)C(=O)O. The fraction of sp³-hybridized carbons (Fsp3) is 0.333. The van der Waals surface area contributed by atoms with Crippen molar-refractivity contribution in [1.29, 1.82) is 0 Å². The van der Waals surface area contributed by atoms with Gasteiger partial charge < -0.3 is 10.4 Å². The topological polar surface area (TPSA) is 110 Å². The number of nitrogens with one attached hydrogen (secondary N) is 1. The fourth-order valence-corrected chi connectivity index (χ4v) is 1.85. The normalized spacial score (nSPS) is 12.0. The minimum atomic E-state index is -1.19. The Balaban J connectivity index is 3.07. The first kappa shape index (κ1) is 15.9. The van der Waals surface area contributed by atoms with Crippen LogP contribution in [0.5, 0.6) is 0 Å². The van der Waals surface area contributed by atoms with E-state index < -0.39 is 28.5 Å². The molecule has 0 unspecified atom stereocenters. The van der Waals surface area contributed by atoms with Crippen molar-refractivity contribution in [2.45, 2.75) is 19.9 Å². The minimum absolute atomic E-state index is 0.132. The quantitative estimate of drug-likeness (QED) is 0.639. The van der Waals surface area contributed by atoms with Gasteiger partial charge in [-0.25, -0.2) is 4.79 Å². The number of carbonyl (C=O) groups excluding carboxylic acids is 1. The molecule has 0 bridgehead atoms. The van der Waals surface area contributed by atoms with E-state index in [1.807, 2.05) is 0 Å². The number of amides is 1. The van der Waals surface area contributed by atoms with Gasteiger partial charge in [0.25, 0.3) is 11.6 Å². The summed E-state index contributed by atoms with van der Waals surface area (Å²) < 4.78 is 0. The zero-order chi connectivity index (χ0) is 15.4. The van der Waals surface area contributed by atoms with Crippen molar-refractivity contribution in [3.63, 3.8) is 0 Å². The molecule has 0 heterocycles. The second-order valence-corrected chi connectivity index (χ2v) is 4.81. The molecule has 20 heavy (non-hydrogen) atoms. The summed E-state index contributed by atoms with van der Waals surface area (Å²) in [5, 5.41) is 21.7. The van der Waals surface area contributed by atoms with E-state index in [0.29, 0.717) is 0 Å². The second kappa shape index (κ2) is 6.33. The molecule has 1 amide bonds. The highest BCUT2D eigenvalue weighted by molar-refractivity contribution is 6.35. The van der Waals surface area contributed by atoms with Gasteiger partial charge in [-0.15, -0.1) is 0 Å². The molecule has 108 valence electrons. The first-order valence-corrected chi connectivity index (χ1v) is 6.10. The summed E-state index contributed by atoms with van der Waals surface area (Å²) in [4.78, 5) is 33.0. The molecule has 1 aromatic rings. The highest BCUT2D eigenvalue weighted by Crippen LogP contribution is 2.27. The molecule has 0 radical (unpaired) electrons. The van der Waals surface area contributed by atoms with Crippen LogP contribution in [-0.4, -0.2) is 27.9 Å². The van der Waals surface area contributed by atoms with Crippen molar-refractivity contribution in [3.05, 3.63) is 38.9 Å². The zero-order valence-corrected chi connectivity index (χ0v) is 11.5. The smallest absolute Gasteiger partial charge is 0.326 e. The molecule has 0 aliphatic rings. The fourth-order valence-electron chi connectivity index (χ4n) is 1.57. The summed E-state index contributed by atoms with van der Waals surface area (Å²) >= 11 is 5.79. The van der Waals surface area contributed by atoms with Gasteiger partial charge >= 0.3 is 5.97 Å². The van der Waals surface area contributed by atoms with Crippen molar-refractivity contribution in [2.75, 3.05) is 0 Å². The molecule has 1 rings (SSSR count). The average Bonchev–Trinajstić information content (AvgIpc) is 2.34. The molecule has 0 aliphatic heterocycles. The highest BCUT2D eigenvalue weighted by atomic mass is 35.5. The Kier molecular flexibility index (Phi) is 5.04. The van der Waals surface area contributed by atoms with Gasteiger partial charge in [-0.05, 0) is 12.0 Å². The van der Waals surface area contributed by atoms with Crippen LogP contribution in [0.1, 0.15) is 24.2 Å². The van der Waals surface area contributed by atoms with E-state index in [1.165, 1.54) is 12.1 Å². The lowest BCUT2D eigenvalue weighted by molar-refractivity contribution is -0.384. The van der Waals surface area contributed by atoms with Crippen LogP contribution >= 0.6 is 11.6 Å². The molecule has 1 aromatic carbocycles. The molecule has 1 atom stereocenters. The van der Waals surface area contributed by atoms with Gasteiger partial charge in [0.05, 0.1) is 10.5 Å². The number of nitrogens with zero attached hydrogens (tertiary/aromatic N) is 1. The molecule has 2 N–H and O–H groups in total. The van der Waals surface area contributed by atoms with E-state index in [-0.39, 0.29) is 16.5 Å². The van der Waals surface area contributed by atoms with Gasteiger partial charge in [0, 0.05) is 6.07 Å². The number of rotatable bonds is 5. The monoisotopic (exact) mass is 300 g/mol. The molecule has 0 saturated heterocycles. The van der Waals surface area contributed by atoms with Crippen LogP contribution in [0.15, 0.2) is 18.2 Å². The van der Waals surface area contributed by atoms with Crippen molar-refractivity contribution < 1.29 is 19.6 Å². The number of nitro groups is 1. The first-order valence-electron chi connectivity index (χ1n) is 5.72. The lowest BCUT2D eigenvalue weighted by atomic mass is 10.0. The lowest BCUT2D eigenvalue weighted by Crippen LogP contribution is -2.44. The van der Waals surface area contributed by atoms with Crippen molar-refractivity contribution >= 4 is 29.2 Å². The van der Waals surface area contributed by atoms with Crippen molar-refractivity contribution in [1.82, 2.24) is 5.32 Å². The third-order valence-corrected chi connectivity index (χ3v) is 3.04. The summed E-state index contributed by atoms with van der Waals surface area (Å²) in [6.45, 7) is 3.27. The molecule has 0 aliphatic carbocycles. The highest BCUT2D eigenvalue weighted by Gasteiger charge is 2.26. The molecule has 8 heteroatoms. The third-order valence-electron chi connectivity index (χ3n) is 2.64. The maximum atomic E-state index is 12.0. The molecule has 0 saturated carbocycles. The maximum Gasteiger partial charge on any atom is 0.326 e. The number of aliphatic carboxylic acids is 1. The Hall–Kier alpha value is -2.15. The number of halogens is 1. The standard InChI is InChI=1S/C12H13ClN2O5/c1-6(2)10(12(17)18)14-11(16)7-4-3-5-8(9(7)13)15(19)20/h3-6,10H,1-2H3,(H,14,16)(H,17,18)/t10-/m1/s1. The Bertz CT molecular complexity index is 559. The average molecular weight is 301 g/mol. The van der Waals surface area contributed by atoms with Crippen molar-refractivity contribution in [3.8, 4) is 0 Å². The number of benzene rings is 1. The number of hydrogen-bond donors (Lipinski definition) is 2. The molecule has 0 spiro atoms. The van der Waals surface area contributed by atoms with Gasteiger partial charge in [0.15, 0.2) is 0 Å². The Morgan fingerprint density at radius 2 is 2.00 bits per heavy atom. The third kappa shape index (κ3) is 3.45. The van der Waals surface area contributed by atoms with Crippen LogP contribution in [0.4, 0.5) is 5.69 Å². The molecular weight excluding hydrogens is 288 g/mol. The minimum Gasteiger partial charge on any atom is -0.480 e. The number of carbonyl (C=O) groups is 2. The second-order valence-electron chi connectivity index (χ2n) is 4.43. The van der Waals surface area contributed by atoms with Gasteiger partial charge in [0.1, 0.15) is 11.1 Å². The molecule has 0 aromatic heterocycles. The van der Waals surface area contributed by atoms with E-state index in [0.717, 1.165) is 6.07 Å². The summed E-state index contributed by atoms with van der Waals surface area (Å²) in [5.74, 6) is -2.29. The van der Waals surface area contributed by atoms with E-state index in [2.05, 4.69) is 5.32 Å². The Morgan fingerprint density at radius 1 is 1.40 bits per heavy atom. The van der Waals surface area contributed by atoms with E-state index >= 15 is 0 Å². The number of nitro benzene ring substituents is 1. The van der Waals surface area contributed by atoms with Crippen LogP contribution < -0.4 is 5.32 Å². The maximum absolute atomic E-state index is 12.0. The molecule has 7 nitrogen and oxygen atoms in total. The van der Waals surface area contributed by atoms with E-state index in [9.17, 15) is 19.7 Å². The predicted octanol–water partition coefficient (Wildman–Crippen LogP) is 2.09. The van der Waals surface area contributed by atoms with Gasteiger partial charge in [0.2, 0.25) is 0 Å². The Morgan fingerprint density at radius 3 is 2.45 bits per heavy atom. The van der Waals surface area contributed by atoms with Crippen molar-refractivity contribution in [2.24, 2.45) is 5.92 Å². The Labute approximate surface area is 119 Å². The molecule has 0 fully saturated rings. The van der Waals surface area contributed by atoms with Gasteiger partial charge in [-0.1, -0.05) is 31.5 Å². The number of carboxylic acids is 1. The summed E-state index contributed by atoms with van der Waals surface area (Å²) in [5.41, 5.74) is -0.538. The summed E-state index contributed by atoms with van der Waals surface area (Å²) in [6.07, 6.45) is 0. The lowest BCUT2D eigenvalue weighted by Gasteiger charge is -2.18. The largest absolute Gasteiger partial charge is 0.480 e. The van der Waals surface area contributed by atoms with E-state index in [1.54, 1.807) is 13.8 Å². The van der Waals surface area contributed by atoms with Crippen LogP contribution in [-0.2, 0) is 4.79 Å². The van der Waals surface area contributed by atoms with Gasteiger partial charge in [-0.2, -0.15) is 0 Å². The van der Waals surface area contributed by atoms with Gasteiger partial charge in [-0.3, -0.25) is 14.9 Å². The summed E-state index contributed by atoms with van der Waals surface area (Å²) in [7, 11) is 0. The summed E-state index contributed by atoms with van der Waals surface area (Å²) in [6, 6.07) is 2.67. The predicted molar refractivity (Wildman–Crippen MR) is 71.8 cm³/mol. The molecular formula is C12H13ClN2O5. The van der Waals surface area contributed by atoms with Crippen LogP contribution in [0.2, 0.25) is 5.02 Å².